The van der Waals surface area contributed by atoms with Crippen molar-refractivity contribution < 1.29 is 18.0 Å². The minimum absolute atomic E-state index is 0.0512. The van der Waals surface area contributed by atoms with E-state index < -0.39 is 10.0 Å². The SMILES string of the molecule is O=C(Nc1ccccc1C(=O)N1CCCCCC1)C1CCN(S(=O)(=O)Cc2cccc(Cl)c2)CC1. The Balaban J connectivity index is 1.36. The van der Waals surface area contributed by atoms with Crippen LogP contribution in [0, 0.1) is 5.92 Å². The molecule has 2 aliphatic rings. The molecule has 4 rings (SSSR count). The highest BCUT2D eigenvalue weighted by Crippen LogP contribution is 2.25. The number of rotatable bonds is 6. The molecule has 0 radical (unpaired) electrons. The lowest BCUT2D eigenvalue weighted by Gasteiger charge is -2.31. The van der Waals surface area contributed by atoms with Crippen molar-refractivity contribution in [1.29, 1.82) is 0 Å². The average Bonchev–Trinajstić information content (AvgIpc) is 3.13. The first kappa shape index (κ1) is 25.7. The summed E-state index contributed by atoms with van der Waals surface area (Å²) in [6, 6.07) is 14.0. The van der Waals surface area contributed by atoms with Crippen LogP contribution in [0.3, 0.4) is 0 Å². The first-order chi connectivity index (χ1) is 16.8. The van der Waals surface area contributed by atoms with Gasteiger partial charge in [0, 0.05) is 37.1 Å². The zero-order chi connectivity index (χ0) is 24.8. The van der Waals surface area contributed by atoms with Crippen LogP contribution in [0.25, 0.3) is 0 Å². The first-order valence-electron chi connectivity index (χ1n) is 12.2. The van der Waals surface area contributed by atoms with Crippen LogP contribution in [-0.2, 0) is 20.6 Å². The van der Waals surface area contributed by atoms with Gasteiger partial charge in [0.15, 0.2) is 0 Å². The molecule has 0 aromatic heterocycles. The molecule has 2 fully saturated rings. The number of nitrogens with one attached hydrogen (secondary N) is 1. The van der Waals surface area contributed by atoms with Gasteiger partial charge >= 0.3 is 0 Å². The summed E-state index contributed by atoms with van der Waals surface area (Å²) in [5.41, 5.74) is 1.66. The minimum atomic E-state index is -3.50. The summed E-state index contributed by atoms with van der Waals surface area (Å²) < 4.78 is 27.2. The Morgan fingerprint density at radius 3 is 2.29 bits per heavy atom. The van der Waals surface area contributed by atoms with E-state index in [1.165, 1.54) is 4.31 Å². The molecule has 2 amide bonds. The molecule has 7 nitrogen and oxygen atoms in total. The van der Waals surface area contributed by atoms with Crippen molar-refractivity contribution in [1.82, 2.24) is 9.21 Å². The summed E-state index contributed by atoms with van der Waals surface area (Å²) in [5.74, 6) is -0.650. The molecule has 0 atom stereocenters. The molecule has 2 aliphatic heterocycles. The van der Waals surface area contributed by atoms with E-state index >= 15 is 0 Å². The van der Waals surface area contributed by atoms with Gasteiger partial charge < -0.3 is 10.2 Å². The van der Waals surface area contributed by atoms with Crippen LogP contribution in [-0.4, -0.2) is 55.6 Å². The van der Waals surface area contributed by atoms with Gasteiger partial charge in [-0.15, -0.1) is 0 Å². The Morgan fingerprint density at radius 1 is 0.914 bits per heavy atom. The van der Waals surface area contributed by atoms with E-state index in [4.69, 9.17) is 11.6 Å². The topological polar surface area (TPSA) is 86.8 Å². The quantitative estimate of drug-likeness (QED) is 0.609. The normalized spacial score (nSPS) is 18.1. The smallest absolute Gasteiger partial charge is 0.255 e. The number of sulfonamides is 1. The molecule has 2 aromatic rings. The van der Waals surface area contributed by atoms with Crippen LogP contribution in [0.15, 0.2) is 48.5 Å². The second-order valence-corrected chi connectivity index (χ2v) is 11.7. The number of nitrogens with zero attached hydrogens (tertiary/aromatic N) is 2. The third-order valence-corrected chi connectivity index (χ3v) is 8.85. The summed E-state index contributed by atoms with van der Waals surface area (Å²) in [7, 11) is -3.50. The van der Waals surface area contributed by atoms with Crippen LogP contribution in [0.1, 0.15) is 54.4 Å². The fourth-order valence-corrected chi connectivity index (χ4v) is 6.55. The lowest BCUT2D eigenvalue weighted by Crippen LogP contribution is -2.42. The lowest BCUT2D eigenvalue weighted by atomic mass is 9.97. The Kier molecular flexibility index (Phi) is 8.46. The zero-order valence-corrected chi connectivity index (χ0v) is 21.4. The third-order valence-electron chi connectivity index (χ3n) is 6.76. The van der Waals surface area contributed by atoms with Crippen LogP contribution in [0.2, 0.25) is 5.02 Å². The Morgan fingerprint density at radius 2 is 1.60 bits per heavy atom. The van der Waals surface area contributed by atoms with E-state index in [1.807, 2.05) is 11.0 Å². The summed E-state index contributed by atoms with van der Waals surface area (Å²) >= 11 is 5.99. The van der Waals surface area contributed by atoms with Gasteiger partial charge in [-0.2, -0.15) is 0 Å². The molecule has 0 aliphatic carbocycles. The predicted molar refractivity (Wildman–Crippen MR) is 138 cm³/mol. The van der Waals surface area contributed by atoms with Gasteiger partial charge in [0.1, 0.15) is 0 Å². The summed E-state index contributed by atoms with van der Waals surface area (Å²) in [6.45, 7) is 2.05. The highest BCUT2D eigenvalue weighted by molar-refractivity contribution is 7.88. The number of carbonyl (C=O) groups is 2. The van der Waals surface area contributed by atoms with Crippen molar-refractivity contribution in [3.05, 3.63) is 64.7 Å². The van der Waals surface area contributed by atoms with Crippen LogP contribution in [0.5, 0.6) is 0 Å². The minimum Gasteiger partial charge on any atom is -0.339 e. The number of piperidine rings is 1. The zero-order valence-electron chi connectivity index (χ0n) is 19.8. The van der Waals surface area contributed by atoms with Crippen molar-refractivity contribution in [2.45, 2.75) is 44.3 Å². The lowest BCUT2D eigenvalue weighted by molar-refractivity contribution is -0.120. The van der Waals surface area contributed by atoms with Gasteiger partial charge in [-0.25, -0.2) is 12.7 Å². The number of amides is 2. The van der Waals surface area contributed by atoms with Gasteiger partial charge in [0.05, 0.1) is 17.0 Å². The van der Waals surface area contributed by atoms with Crippen LogP contribution < -0.4 is 5.32 Å². The molecule has 1 N–H and O–H groups in total. The second kappa shape index (κ2) is 11.5. The van der Waals surface area contributed by atoms with E-state index in [0.29, 0.717) is 34.7 Å². The maximum absolute atomic E-state index is 13.1. The standard InChI is InChI=1S/C26H32ClN3O4S/c27-22-9-7-8-20(18-22)19-35(33,34)30-16-12-21(13-17-30)25(31)28-24-11-4-3-10-23(24)26(32)29-14-5-1-2-6-15-29/h3-4,7-11,18,21H,1-2,5-6,12-17,19H2,(H,28,31). The molecule has 2 heterocycles. The molecule has 35 heavy (non-hydrogen) atoms. The maximum Gasteiger partial charge on any atom is 0.255 e. The Hall–Kier alpha value is -2.42. The molecule has 0 bridgehead atoms. The van der Waals surface area contributed by atoms with Crippen LogP contribution in [0.4, 0.5) is 5.69 Å². The van der Waals surface area contributed by atoms with E-state index in [2.05, 4.69) is 5.32 Å². The summed E-state index contributed by atoms with van der Waals surface area (Å²) in [6.07, 6.45) is 5.13. The molecule has 9 heteroatoms. The second-order valence-electron chi connectivity index (χ2n) is 9.30. The van der Waals surface area contributed by atoms with Crippen molar-refractivity contribution in [2.75, 3.05) is 31.5 Å². The number of anilines is 1. The molecular weight excluding hydrogens is 486 g/mol. The summed E-state index contributed by atoms with van der Waals surface area (Å²) in [4.78, 5) is 28.1. The number of hydrogen-bond donors (Lipinski definition) is 1. The van der Waals surface area contributed by atoms with Gasteiger partial charge in [-0.1, -0.05) is 48.7 Å². The third kappa shape index (κ3) is 6.63. The van der Waals surface area contributed by atoms with E-state index in [0.717, 1.165) is 38.8 Å². The number of carbonyl (C=O) groups excluding carboxylic acids is 2. The maximum atomic E-state index is 13.1. The Labute approximate surface area is 212 Å². The van der Waals surface area contributed by atoms with Gasteiger partial charge in [-0.05, 0) is 55.5 Å². The van der Waals surface area contributed by atoms with Crippen molar-refractivity contribution in [3.63, 3.8) is 0 Å². The molecule has 2 aromatic carbocycles. The predicted octanol–water partition coefficient (Wildman–Crippen LogP) is 4.54. The number of halogens is 1. The van der Waals surface area contributed by atoms with E-state index in [-0.39, 0.29) is 36.6 Å². The average molecular weight is 518 g/mol. The largest absolute Gasteiger partial charge is 0.339 e. The molecule has 188 valence electrons. The molecule has 0 saturated carbocycles. The summed E-state index contributed by atoms with van der Waals surface area (Å²) in [5, 5.41) is 3.45. The first-order valence-corrected chi connectivity index (χ1v) is 14.2. The monoisotopic (exact) mass is 517 g/mol. The molecule has 2 saturated heterocycles. The molecular formula is C26H32ClN3O4S. The van der Waals surface area contributed by atoms with Crippen LogP contribution >= 0.6 is 11.6 Å². The number of benzene rings is 2. The number of para-hydroxylation sites is 1. The fourth-order valence-electron chi connectivity index (χ4n) is 4.78. The van der Waals surface area contributed by atoms with Crippen molar-refractivity contribution >= 4 is 39.1 Å². The molecule has 0 spiro atoms. The number of likely N-dealkylation sites (tertiary alicyclic amines) is 1. The van der Waals surface area contributed by atoms with Crippen molar-refractivity contribution in [3.8, 4) is 0 Å². The van der Waals surface area contributed by atoms with Gasteiger partial charge in [0.25, 0.3) is 5.91 Å². The van der Waals surface area contributed by atoms with Crippen molar-refractivity contribution in [2.24, 2.45) is 5.92 Å². The number of hydrogen-bond acceptors (Lipinski definition) is 4. The molecule has 0 unspecified atom stereocenters. The van der Waals surface area contributed by atoms with E-state index in [1.54, 1.807) is 42.5 Å². The Bertz CT molecular complexity index is 1150. The van der Waals surface area contributed by atoms with Gasteiger partial charge in [-0.3, -0.25) is 9.59 Å². The fraction of sp³-hybridized carbons (Fsp3) is 0.462. The highest BCUT2D eigenvalue weighted by atomic mass is 35.5. The highest BCUT2D eigenvalue weighted by Gasteiger charge is 2.32. The van der Waals surface area contributed by atoms with Gasteiger partial charge in [0.2, 0.25) is 15.9 Å². The van der Waals surface area contributed by atoms with E-state index in [9.17, 15) is 18.0 Å².